The number of alkyl halides is 3. The van der Waals surface area contributed by atoms with Gasteiger partial charge in [0.05, 0.1) is 16.0 Å². The van der Waals surface area contributed by atoms with Crippen LogP contribution < -0.4 is 10.9 Å². The molecule has 0 fully saturated rings. The number of nitrogens with zero attached hydrogens (tertiary/aromatic N) is 1. The molecule has 2 rings (SSSR count). The second kappa shape index (κ2) is 7.98. The minimum absolute atomic E-state index is 0.104. The van der Waals surface area contributed by atoms with E-state index in [0.717, 1.165) is 28.6 Å². The van der Waals surface area contributed by atoms with Crippen LogP contribution in [-0.2, 0) is 16.2 Å². The van der Waals surface area contributed by atoms with E-state index in [1.54, 1.807) is 0 Å². The summed E-state index contributed by atoms with van der Waals surface area (Å²) in [5.41, 5.74) is 1.94. The third-order valence-electron chi connectivity index (χ3n) is 3.64. The zero-order chi connectivity index (χ0) is 21.1. The fourth-order valence-corrected chi connectivity index (χ4v) is 3.14. The summed E-state index contributed by atoms with van der Waals surface area (Å²) in [7, 11) is -1.15. The Hall–Kier alpha value is -2.92. The fraction of sp³-hybridized carbons (Fsp3) is 0.176. The lowest BCUT2D eigenvalue weighted by atomic mass is 10.1. The molecule has 2 aromatic carbocycles. The van der Waals surface area contributed by atoms with Gasteiger partial charge in [-0.1, -0.05) is 18.2 Å². The number of nitrogens with one attached hydrogen (secondary N) is 2. The third kappa shape index (κ3) is 4.67. The molecule has 2 amide bonds. The lowest BCUT2D eigenvalue weighted by Gasteiger charge is -2.14. The number of hydrazine groups is 1. The molecule has 0 saturated carbocycles. The molecular formula is C17H16F3N3O4S. The molecule has 0 aliphatic carbocycles. The molecule has 0 aliphatic rings. The maximum atomic E-state index is 13.0. The highest BCUT2D eigenvalue weighted by molar-refractivity contribution is 7.89. The second-order valence-electron chi connectivity index (χ2n) is 5.77. The van der Waals surface area contributed by atoms with Crippen molar-refractivity contribution in [3.63, 3.8) is 0 Å². The molecule has 7 nitrogen and oxygen atoms in total. The van der Waals surface area contributed by atoms with Crippen molar-refractivity contribution in [2.45, 2.75) is 11.1 Å². The molecule has 11 heteroatoms. The van der Waals surface area contributed by atoms with Crippen molar-refractivity contribution in [2.75, 3.05) is 14.1 Å². The normalized spacial score (nSPS) is 11.9. The van der Waals surface area contributed by atoms with Gasteiger partial charge in [0.15, 0.2) is 0 Å². The molecule has 150 valence electrons. The van der Waals surface area contributed by atoms with E-state index in [1.165, 1.54) is 38.4 Å². The zero-order valence-electron chi connectivity index (χ0n) is 14.7. The quantitative estimate of drug-likeness (QED) is 0.747. The Morgan fingerprint density at radius 2 is 1.54 bits per heavy atom. The number of benzene rings is 2. The topological polar surface area (TPSA) is 95.6 Å². The molecule has 0 atom stereocenters. The van der Waals surface area contributed by atoms with Gasteiger partial charge in [-0.15, -0.1) is 0 Å². The molecule has 0 unspecified atom stereocenters. The van der Waals surface area contributed by atoms with E-state index in [9.17, 15) is 31.2 Å². The first-order valence-electron chi connectivity index (χ1n) is 7.74. The molecular weight excluding hydrogens is 399 g/mol. The summed E-state index contributed by atoms with van der Waals surface area (Å²) < 4.78 is 64.1. The van der Waals surface area contributed by atoms with Crippen molar-refractivity contribution in [1.29, 1.82) is 0 Å². The molecule has 28 heavy (non-hydrogen) atoms. The molecule has 2 aromatic rings. The van der Waals surface area contributed by atoms with Crippen LogP contribution >= 0.6 is 0 Å². The van der Waals surface area contributed by atoms with E-state index in [4.69, 9.17) is 0 Å². The Labute approximate surface area is 159 Å². The molecule has 2 N–H and O–H groups in total. The number of halogens is 3. The van der Waals surface area contributed by atoms with Crippen molar-refractivity contribution < 1.29 is 31.2 Å². The van der Waals surface area contributed by atoms with Crippen LogP contribution in [0.2, 0.25) is 0 Å². The minimum atomic E-state index is -4.74. The molecule has 0 radical (unpaired) electrons. The van der Waals surface area contributed by atoms with E-state index < -0.39 is 39.1 Å². The van der Waals surface area contributed by atoms with Crippen molar-refractivity contribution >= 4 is 21.8 Å². The van der Waals surface area contributed by atoms with Crippen LogP contribution in [0.4, 0.5) is 13.2 Å². The summed E-state index contributed by atoms with van der Waals surface area (Å²) in [5.74, 6) is -2.06. The van der Waals surface area contributed by atoms with Crippen molar-refractivity contribution in [1.82, 2.24) is 15.2 Å². The SMILES string of the molecule is CN(C)S(=O)(=O)c1cccc(C(=O)NNC(=O)c2ccccc2C(F)(F)F)c1. The van der Waals surface area contributed by atoms with E-state index in [-0.39, 0.29) is 10.5 Å². The number of carbonyl (C=O) groups excluding carboxylic acids is 2. The second-order valence-corrected chi connectivity index (χ2v) is 7.92. The third-order valence-corrected chi connectivity index (χ3v) is 5.45. The Balaban J connectivity index is 2.17. The van der Waals surface area contributed by atoms with Gasteiger partial charge >= 0.3 is 6.18 Å². The zero-order valence-corrected chi connectivity index (χ0v) is 15.6. The lowest BCUT2D eigenvalue weighted by Crippen LogP contribution is -2.42. The van der Waals surface area contributed by atoms with Crippen LogP contribution in [0, 0.1) is 0 Å². The van der Waals surface area contributed by atoms with Gasteiger partial charge in [0.1, 0.15) is 0 Å². The molecule has 0 saturated heterocycles. The molecule has 0 heterocycles. The highest BCUT2D eigenvalue weighted by Crippen LogP contribution is 2.31. The molecule has 0 aliphatic heterocycles. The number of carbonyl (C=O) groups is 2. The van der Waals surface area contributed by atoms with Crippen LogP contribution in [0.3, 0.4) is 0 Å². The summed E-state index contributed by atoms with van der Waals surface area (Å²) in [6, 6.07) is 9.08. The van der Waals surface area contributed by atoms with Crippen molar-refractivity contribution in [3.05, 3.63) is 65.2 Å². The first kappa shape index (κ1) is 21.4. The maximum Gasteiger partial charge on any atom is 0.417 e. The number of hydrogen-bond donors (Lipinski definition) is 2. The number of amides is 2. The van der Waals surface area contributed by atoms with Gasteiger partial charge in [-0.05, 0) is 30.3 Å². The van der Waals surface area contributed by atoms with E-state index in [2.05, 4.69) is 0 Å². The van der Waals surface area contributed by atoms with Gasteiger partial charge in [0.25, 0.3) is 11.8 Å². The largest absolute Gasteiger partial charge is 0.417 e. The van der Waals surface area contributed by atoms with E-state index in [1.807, 2.05) is 10.9 Å². The van der Waals surface area contributed by atoms with Crippen LogP contribution in [0.1, 0.15) is 26.3 Å². The Bertz CT molecular complexity index is 1000. The summed E-state index contributed by atoms with van der Waals surface area (Å²) in [5, 5.41) is 0. The van der Waals surface area contributed by atoms with Gasteiger partial charge in [0, 0.05) is 19.7 Å². The van der Waals surface area contributed by atoms with E-state index in [0.29, 0.717) is 0 Å². The van der Waals surface area contributed by atoms with Crippen LogP contribution in [0.15, 0.2) is 53.4 Å². The van der Waals surface area contributed by atoms with Gasteiger partial charge in [-0.3, -0.25) is 20.4 Å². The van der Waals surface area contributed by atoms with Gasteiger partial charge in [-0.25, -0.2) is 12.7 Å². The molecule has 0 aromatic heterocycles. The predicted octanol–water partition coefficient (Wildman–Crippen LogP) is 2.03. The smallest absolute Gasteiger partial charge is 0.267 e. The van der Waals surface area contributed by atoms with Gasteiger partial charge < -0.3 is 0 Å². The van der Waals surface area contributed by atoms with Crippen molar-refractivity contribution in [2.24, 2.45) is 0 Å². The summed E-state index contributed by atoms with van der Waals surface area (Å²) >= 11 is 0. The average Bonchev–Trinajstić information content (AvgIpc) is 2.65. The maximum absolute atomic E-state index is 13.0. The summed E-state index contributed by atoms with van der Waals surface area (Å²) in [6.07, 6.45) is -4.74. The summed E-state index contributed by atoms with van der Waals surface area (Å²) in [6.45, 7) is 0. The number of hydrogen-bond acceptors (Lipinski definition) is 4. The predicted molar refractivity (Wildman–Crippen MR) is 93.7 cm³/mol. The van der Waals surface area contributed by atoms with Crippen molar-refractivity contribution in [3.8, 4) is 0 Å². The first-order chi connectivity index (χ1) is 12.9. The monoisotopic (exact) mass is 415 g/mol. The van der Waals surface area contributed by atoms with Crippen LogP contribution in [0.25, 0.3) is 0 Å². The number of sulfonamides is 1. The minimum Gasteiger partial charge on any atom is -0.267 e. The average molecular weight is 415 g/mol. The lowest BCUT2D eigenvalue weighted by molar-refractivity contribution is -0.137. The van der Waals surface area contributed by atoms with Crippen LogP contribution in [-0.4, -0.2) is 38.6 Å². The van der Waals surface area contributed by atoms with Gasteiger partial charge in [0.2, 0.25) is 10.0 Å². The summed E-state index contributed by atoms with van der Waals surface area (Å²) in [4.78, 5) is 24.0. The fourth-order valence-electron chi connectivity index (χ4n) is 2.19. The first-order valence-corrected chi connectivity index (χ1v) is 9.18. The Morgan fingerprint density at radius 1 is 0.929 bits per heavy atom. The highest BCUT2D eigenvalue weighted by atomic mass is 32.2. The Kier molecular flexibility index (Phi) is 6.10. The highest BCUT2D eigenvalue weighted by Gasteiger charge is 2.34. The standard InChI is InChI=1S/C17H16F3N3O4S/c1-23(2)28(26,27)12-7-5-6-11(10-12)15(24)21-22-16(25)13-8-3-4-9-14(13)17(18,19)20/h3-10H,1-2H3,(H,21,24)(H,22,25). The molecule has 0 spiro atoms. The Morgan fingerprint density at radius 3 is 2.14 bits per heavy atom. The van der Waals surface area contributed by atoms with Gasteiger partial charge in [-0.2, -0.15) is 13.2 Å². The number of rotatable bonds is 4. The molecule has 0 bridgehead atoms. The van der Waals surface area contributed by atoms with Crippen LogP contribution in [0.5, 0.6) is 0 Å². The van der Waals surface area contributed by atoms with E-state index >= 15 is 0 Å².